The molecule has 0 aliphatic carbocycles. The molecule has 1 aromatic heterocycles. The minimum atomic E-state index is 0.956. The van der Waals surface area contributed by atoms with Crippen molar-refractivity contribution in [3.8, 4) is 0 Å². The van der Waals surface area contributed by atoms with Gasteiger partial charge in [-0.2, -0.15) is 11.8 Å². The Kier molecular flexibility index (Phi) is 6.18. The van der Waals surface area contributed by atoms with E-state index >= 15 is 0 Å². The van der Waals surface area contributed by atoms with E-state index in [0.717, 1.165) is 24.7 Å². The predicted molar refractivity (Wildman–Crippen MR) is 64.8 cm³/mol. The number of rotatable bonds is 7. The van der Waals surface area contributed by atoms with Crippen molar-refractivity contribution in [2.24, 2.45) is 0 Å². The zero-order chi connectivity index (χ0) is 10.2. The minimum Gasteiger partial charge on any atom is -0.304 e. The Labute approximate surface area is 93.9 Å². The van der Waals surface area contributed by atoms with E-state index in [1.165, 1.54) is 5.01 Å². The van der Waals surface area contributed by atoms with Crippen LogP contribution in [0.15, 0.2) is 11.6 Å². The van der Waals surface area contributed by atoms with E-state index in [-0.39, 0.29) is 0 Å². The number of hydrogen-bond donors (Lipinski definition) is 1. The van der Waals surface area contributed by atoms with Crippen molar-refractivity contribution in [2.45, 2.75) is 5.75 Å². The van der Waals surface area contributed by atoms with Crippen molar-refractivity contribution in [3.63, 3.8) is 0 Å². The van der Waals surface area contributed by atoms with E-state index in [1.807, 2.05) is 23.3 Å². The Morgan fingerprint density at radius 1 is 1.57 bits per heavy atom. The molecular formula is C9H17N3S2. The van der Waals surface area contributed by atoms with Gasteiger partial charge in [0, 0.05) is 36.3 Å². The summed E-state index contributed by atoms with van der Waals surface area (Å²) in [4.78, 5) is 6.36. The highest BCUT2D eigenvalue weighted by molar-refractivity contribution is 7.98. The number of nitrogens with one attached hydrogen (secondary N) is 1. The van der Waals surface area contributed by atoms with Crippen LogP contribution in [0.4, 0.5) is 0 Å². The monoisotopic (exact) mass is 231 g/mol. The summed E-state index contributed by atoms with van der Waals surface area (Å²) in [6, 6.07) is 0. The standard InChI is InChI=1S/C9H17N3S2/c1-12(2)8-10-3-5-13-7-9-11-4-6-14-9/h4,6,10H,3,5,7-8H2,1-2H3. The van der Waals surface area contributed by atoms with Gasteiger partial charge in [0.1, 0.15) is 5.01 Å². The molecular weight excluding hydrogens is 214 g/mol. The maximum Gasteiger partial charge on any atom is 0.102 e. The molecule has 1 aromatic rings. The third-order valence-electron chi connectivity index (χ3n) is 1.56. The Balaban J connectivity index is 1.90. The van der Waals surface area contributed by atoms with Crippen LogP contribution in [-0.4, -0.2) is 42.9 Å². The van der Waals surface area contributed by atoms with Crippen LogP contribution in [-0.2, 0) is 5.75 Å². The molecule has 0 saturated heterocycles. The molecule has 0 spiro atoms. The quantitative estimate of drug-likeness (QED) is 0.568. The Hall–Kier alpha value is -0.100. The van der Waals surface area contributed by atoms with Gasteiger partial charge in [-0.3, -0.25) is 4.90 Å². The fraction of sp³-hybridized carbons (Fsp3) is 0.667. The van der Waals surface area contributed by atoms with Crippen LogP contribution in [0.25, 0.3) is 0 Å². The van der Waals surface area contributed by atoms with Gasteiger partial charge in [0.15, 0.2) is 0 Å². The summed E-state index contributed by atoms with van der Waals surface area (Å²) in [5, 5.41) is 6.61. The van der Waals surface area contributed by atoms with Crippen LogP contribution in [0, 0.1) is 0 Å². The highest BCUT2D eigenvalue weighted by Crippen LogP contribution is 2.13. The molecule has 0 fully saturated rings. The van der Waals surface area contributed by atoms with E-state index in [9.17, 15) is 0 Å². The number of nitrogens with zero attached hydrogens (tertiary/aromatic N) is 2. The summed E-state index contributed by atoms with van der Waals surface area (Å²) in [6.45, 7) is 2.02. The topological polar surface area (TPSA) is 28.2 Å². The zero-order valence-electron chi connectivity index (χ0n) is 8.69. The van der Waals surface area contributed by atoms with Gasteiger partial charge >= 0.3 is 0 Å². The summed E-state index contributed by atoms with van der Waals surface area (Å²) in [5.41, 5.74) is 0. The molecule has 0 radical (unpaired) electrons. The molecule has 0 unspecified atom stereocenters. The van der Waals surface area contributed by atoms with Gasteiger partial charge in [-0.15, -0.1) is 11.3 Å². The van der Waals surface area contributed by atoms with Crippen molar-refractivity contribution in [1.29, 1.82) is 0 Å². The summed E-state index contributed by atoms with van der Waals surface area (Å²) in [7, 11) is 4.13. The fourth-order valence-corrected chi connectivity index (χ4v) is 2.54. The van der Waals surface area contributed by atoms with Crippen LogP contribution >= 0.6 is 23.1 Å². The molecule has 5 heteroatoms. The molecule has 0 aliphatic rings. The number of thioether (sulfide) groups is 1. The van der Waals surface area contributed by atoms with E-state index in [2.05, 4.69) is 29.3 Å². The number of aromatic nitrogens is 1. The first-order valence-electron chi connectivity index (χ1n) is 4.60. The van der Waals surface area contributed by atoms with Gasteiger partial charge in [-0.1, -0.05) is 0 Å². The lowest BCUT2D eigenvalue weighted by Gasteiger charge is -2.10. The van der Waals surface area contributed by atoms with Gasteiger partial charge in [0.05, 0.1) is 0 Å². The minimum absolute atomic E-state index is 0.956. The smallest absolute Gasteiger partial charge is 0.102 e. The first kappa shape index (κ1) is 12.0. The van der Waals surface area contributed by atoms with Crippen LogP contribution in [0.1, 0.15) is 5.01 Å². The lowest BCUT2D eigenvalue weighted by atomic mass is 10.7. The van der Waals surface area contributed by atoms with Crippen LogP contribution < -0.4 is 5.32 Å². The van der Waals surface area contributed by atoms with Crippen molar-refractivity contribution in [2.75, 3.05) is 33.1 Å². The Bertz CT molecular complexity index is 224. The molecule has 0 aromatic carbocycles. The molecule has 1 N–H and O–H groups in total. The maximum absolute atomic E-state index is 4.23. The normalized spacial score (nSPS) is 11.1. The molecule has 1 rings (SSSR count). The first-order chi connectivity index (χ1) is 6.79. The average molecular weight is 231 g/mol. The summed E-state index contributed by atoms with van der Waals surface area (Å²) >= 11 is 3.66. The lowest BCUT2D eigenvalue weighted by Crippen LogP contribution is -2.29. The van der Waals surface area contributed by atoms with Crippen molar-refractivity contribution < 1.29 is 0 Å². The van der Waals surface area contributed by atoms with E-state index in [4.69, 9.17) is 0 Å². The SMILES string of the molecule is CN(C)CNCCSCc1nccs1. The van der Waals surface area contributed by atoms with Crippen molar-refractivity contribution in [1.82, 2.24) is 15.2 Å². The number of thiazole rings is 1. The predicted octanol–water partition coefficient (Wildman–Crippen LogP) is 1.49. The summed E-state index contributed by atoms with van der Waals surface area (Å²) < 4.78 is 0. The fourth-order valence-electron chi connectivity index (χ4n) is 0.931. The van der Waals surface area contributed by atoms with E-state index < -0.39 is 0 Å². The zero-order valence-corrected chi connectivity index (χ0v) is 10.3. The van der Waals surface area contributed by atoms with Gasteiger partial charge in [0.25, 0.3) is 0 Å². The number of hydrogen-bond acceptors (Lipinski definition) is 5. The van der Waals surface area contributed by atoms with E-state index in [1.54, 1.807) is 11.3 Å². The van der Waals surface area contributed by atoms with Crippen molar-refractivity contribution in [3.05, 3.63) is 16.6 Å². The molecule has 14 heavy (non-hydrogen) atoms. The average Bonchev–Trinajstić information content (AvgIpc) is 2.63. The first-order valence-corrected chi connectivity index (χ1v) is 6.64. The van der Waals surface area contributed by atoms with Crippen molar-refractivity contribution >= 4 is 23.1 Å². The Morgan fingerprint density at radius 3 is 3.07 bits per heavy atom. The largest absolute Gasteiger partial charge is 0.304 e. The van der Waals surface area contributed by atoms with Crippen LogP contribution in [0.5, 0.6) is 0 Å². The second kappa shape index (κ2) is 7.23. The Morgan fingerprint density at radius 2 is 2.43 bits per heavy atom. The third kappa shape index (κ3) is 5.59. The molecule has 0 atom stereocenters. The van der Waals surface area contributed by atoms with Crippen LogP contribution in [0.2, 0.25) is 0 Å². The second-order valence-electron chi connectivity index (χ2n) is 3.22. The third-order valence-corrected chi connectivity index (χ3v) is 3.49. The molecule has 80 valence electrons. The molecule has 0 amide bonds. The van der Waals surface area contributed by atoms with Crippen LogP contribution in [0.3, 0.4) is 0 Å². The molecule has 0 saturated carbocycles. The van der Waals surface area contributed by atoms with Gasteiger partial charge in [-0.25, -0.2) is 4.98 Å². The maximum atomic E-state index is 4.23. The highest BCUT2D eigenvalue weighted by Gasteiger charge is 1.95. The van der Waals surface area contributed by atoms with Gasteiger partial charge in [0.2, 0.25) is 0 Å². The van der Waals surface area contributed by atoms with Gasteiger partial charge < -0.3 is 5.32 Å². The molecule has 0 bridgehead atoms. The lowest BCUT2D eigenvalue weighted by molar-refractivity contribution is 0.374. The second-order valence-corrected chi connectivity index (χ2v) is 5.30. The summed E-state index contributed by atoms with van der Waals surface area (Å²) in [6.07, 6.45) is 1.87. The summed E-state index contributed by atoms with van der Waals surface area (Å²) in [5.74, 6) is 2.19. The molecule has 1 heterocycles. The molecule has 0 aliphatic heterocycles. The highest BCUT2D eigenvalue weighted by atomic mass is 32.2. The van der Waals surface area contributed by atoms with E-state index in [0.29, 0.717) is 0 Å². The van der Waals surface area contributed by atoms with Gasteiger partial charge in [-0.05, 0) is 14.1 Å². The molecule has 3 nitrogen and oxygen atoms in total.